The molecule has 1 fully saturated rings. The van der Waals surface area contributed by atoms with Gasteiger partial charge in [0.25, 0.3) is 0 Å². The van der Waals surface area contributed by atoms with E-state index < -0.39 is 0 Å². The van der Waals surface area contributed by atoms with E-state index in [0.29, 0.717) is 12.3 Å². The number of carbonyl (C=O) groups excluding carboxylic acids is 1. The highest BCUT2D eigenvalue weighted by molar-refractivity contribution is 5.76. The van der Waals surface area contributed by atoms with Crippen LogP contribution in [0, 0.1) is 5.92 Å². The molecule has 0 N–H and O–H groups in total. The summed E-state index contributed by atoms with van der Waals surface area (Å²) < 4.78 is 5.46. The van der Waals surface area contributed by atoms with Crippen molar-refractivity contribution in [2.75, 3.05) is 6.61 Å². The van der Waals surface area contributed by atoms with Crippen molar-refractivity contribution < 1.29 is 9.53 Å². The molecule has 64 valence electrons. The summed E-state index contributed by atoms with van der Waals surface area (Å²) >= 11 is 0. The van der Waals surface area contributed by atoms with Crippen molar-refractivity contribution in [3.63, 3.8) is 0 Å². The van der Waals surface area contributed by atoms with Gasteiger partial charge in [0.1, 0.15) is 5.78 Å². The zero-order chi connectivity index (χ0) is 8.27. The van der Waals surface area contributed by atoms with Crippen LogP contribution in [0.3, 0.4) is 0 Å². The van der Waals surface area contributed by atoms with E-state index in [4.69, 9.17) is 4.74 Å². The van der Waals surface area contributed by atoms with Gasteiger partial charge in [0.15, 0.2) is 0 Å². The Morgan fingerprint density at radius 3 is 2.64 bits per heavy atom. The van der Waals surface area contributed by atoms with Gasteiger partial charge in [-0.2, -0.15) is 0 Å². The topological polar surface area (TPSA) is 26.3 Å². The molecule has 0 aromatic carbocycles. The maximum absolute atomic E-state index is 10.8. The highest BCUT2D eigenvalue weighted by Crippen LogP contribution is 2.35. The van der Waals surface area contributed by atoms with Gasteiger partial charge in [0.2, 0.25) is 0 Å². The Bertz CT molecular complexity index is 138. The Morgan fingerprint density at radius 2 is 2.27 bits per heavy atom. The lowest BCUT2D eigenvalue weighted by molar-refractivity contribution is -0.120. The fraction of sp³-hybridized carbons (Fsp3) is 0.889. The maximum atomic E-state index is 10.8. The molecule has 0 saturated heterocycles. The minimum Gasteiger partial charge on any atom is -0.378 e. The first-order valence-corrected chi connectivity index (χ1v) is 4.35. The smallest absolute Gasteiger partial charge is 0.132 e. The molecular weight excluding hydrogens is 140 g/mol. The van der Waals surface area contributed by atoms with Gasteiger partial charge in [-0.3, -0.25) is 4.79 Å². The number of ketones is 1. The van der Waals surface area contributed by atoms with Gasteiger partial charge in [0, 0.05) is 13.0 Å². The monoisotopic (exact) mass is 156 g/mol. The van der Waals surface area contributed by atoms with Crippen LogP contribution in [0.1, 0.15) is 33.1 Å². The van der Waals surface area contributed by atoms with Crippen LogP contribution in [0.2, 0.25) is 0 Å². The van der Waals surface area contributed by atoms with E-state index in [0.717, 1.165) is 6.61 Å². The number of Topliss-reactive ketones (excluding diaryl/α,β-unsaturated/α-hetero) is 1. The third-order valence-corrected chi connectivity index (χ3v) is 2.02. The molecule has 1 unspecified atom stereocenters. The molecule has 11 heavy (non-hydrogen) atoms. The van der Waals surface area contributed by atoms with E-state index >= 15 is 0 Å². The van der Waals surface area contributed by atoms with Gasteiger partial charge >= 0.3 is 0 Å². The average molecular weight is 156 g/mol. The van der Waals surface area contributed by atoms with Gasteiger partial charge in [-0.25, -0.2) is 0 Å². The van der Waals surface area contributed by atoms with Gasteiger partial charge in [-0.15, -0.1) is 0 Å². The third-order valence-electron chi connectivity index (χ3n) is 2.02. The minimum atomic E-state index is 0.220. The lowest BCUT2D eigenvalue weighted by Crippen LogP contribution is -2.18. The van der Waals surface area contributed by atoms with Crippen molar-refractivity contribution >= 4 is 5.78 Å². The SMILES string of the molecule is CCOC(CC(C)=O)C1CC1. The summed E-state index contributed by atoms with van der Waals surface area (Å²) in [4.78, 5) is 10.8. The van der Waals surface area contributed by atoms with Crippen molar-refractivity contribution in [1.82, 2.24) is 0 Å². The van der Waals surface area contributed by atoms with Gasteiger partial charge in [-0.1, -0.05) is 0 Å². The van der Waals surface area contributed by atoms with Crippen molar-refractivity contribution in [2.45, 2.75) is 39.2 Å². The van der Waals surface area contributed by atoms with Crippen molar-refractivity contribution in [1.29, 1.82) is 0 Å². The van der Waals surface area contributed by atoms with Crippen LogP contribution in [0.4, 0.5) is 0 Å². The summed E-state index contributed by atoms with van der Waals surface area (Å²) in [5, 5.41) is 0. The number of hydrogen-bond donors (Lipinski definition) is 0. The largest absolute Gasteiger partial charge is 0.378 e. The maximum Gasteiger partial charge on any atom is 0.132 e. The summed E-state index contributed by atoms with van der Waals surface area (Å²) in [6, 6.07) is 0. The van der Waals surface area contributed by atoms with Crippen LogP contribution < -0.4 is 0 Å². The molecule has 1 saturated carbocycles. The van der Waals surface area contributed by atoms with E-state index in [1.807, 2.05) is 6.92 Å². The van der Waals surface area contributed by atoms with Crippen LogP contribution >= 0.6 is 0 Å². The number of hydrogen-bond acceptors (Lipinski definition) is 2. The summed E-state index contributed by atoms with van der Waals surface area (Å²) in [5.74, 6) is 0.925. The summed E-state index contributed by atoms with van der Waals surface area (Å²) in [5.41, 5.74) is 0. The molecule has 0 bridgehead atoms. The minimum absolute atomic E-state index is 0.220. The van der Waals surface area contributed by atoms with Crippen LogP contribution in [-0.4, -0.2) is 18.5 Å². The predicted molar refractivity (Wildman–Crippen MR) is 43.4 cm³/mol. The molecule has 0 heterocycles. The molecule has 1 atom stereocenters. The normalized spacial score (nSPS) is 19.8. The van der Waals surface area contributed by atoms with Gasteiger partial charge in [-0.05, 0) is 32.6 Å². The van der Waals surface area contributed by atoms with E-state index in [9.17, 15) is 4.79 Å². The number of ether oxygens (including phenoxy) is 1. The highest BCUT2D eigenvalue weighted by Gasteiger charge is 2.32. The van der Waals surface area contributed by atoms with Crippen molar-refractivity contribution in [3.05, 3.63) is 0 Å². The molecule has 0 aromatic rings. The molecule has 0 aromatic heterocycles. The van der Waals surface area contributed by atoms with Crippen LogP contribution in [0.15, 0.2) is 0 Å². The van der Waals surface area contributed by atoms with Crippen LogP contribution in [0.25, 0.3) is 0 Å². The molecule has 0 spiro atoms. The lowest BCUT2D eigenvalue weighted by atomic mass is 10.1. The van der Waals surface area contributed by atoms with E-state index in [-0.39, 0.29) is 11.9 Å². The Balaban J connectivity index is 2.26. The second-order valence-electron chi connectivity index (χ2n) is 3.24. The Hall–Kier alpha value is -0.370. The predicted octanol–water partition coefficient (Wildman–Crippen LogP) is 1.78. The molecule has 2 nitrogen and oxygen atoms in total. The molecule has 2 heteroatoms. The summed E-state index contributed by atoms with van der Waals surface area (Å²) in [6.45, 7) is 4.35. The molecule has 1 aliphatic carbocycles. The van der Waals surface area contributed by atoms with Crippen LogP contribution in [-0.2, 0) is 9.53 Å². The summed E-state index contributed by atoms with van der Waals surface area (Å²) in [7, 11) is 0. The summed E-state index contributed by atoms with van der Waals surface area (Å²) in [6.07, 6.45) is 3.33. The van der Waals surface area contributed by atoms with Gasteiger partial charge in [0.05, 0.1) is 6.10 Å². The molecule has 1 rings (SSSR count). The Morgan fingerprint density at radius 1 is 1.64 bits per heavy atom. The zero-order valence-corrected chi connectivity index (χ0v) is 7.30. The first kappa shape index (κ1) is 8.72. The second-order valence-corrected chi connectivity index (χ2v) is 3.24. The van der Waals surface area contributed by atoms with E-state index in [1.165, 1.54) is 12.8 Å². The molecule has 0 aliphatic heterocycles. The average Bonchev–Trinajstić information content (AvgIpc) is 2.66. The first-order chi connectivity index (χ1) is 5.24. The quantitative estimate of drug-likeness (QED) is 0.606. The second kappa shape index (κ2) is 3.86. The molecule has 0 amide bonds. The van der Waals surface area contributed by atoms with Crippen molar-refractivity contribution in [2.24, 2.45) is 5.92 Å². The zero-order valence-electron chi connectivity index (χ0n) is 7.30. The molecule has 0 radical (unpaired) electrons. The first-order valence-electron chi connectivity index (χ1n) is 4.35. The fourth-order valence-corrected chi connectivity index (χ4v) is 1.33. The Labute approximate surface area is 67.9 Å². The molecule has 1 aliphatic rings. The van der Waals surface area contributed by atoms with E-state index in [1.54, 1.807) is 6.92 Å². The Kier molecular flexibility index (Phi) is 3.06. The highest BCUT2D eigenvalue weighted by atomic mass is 16.5. The lowest BCUT2D eigenvalue weighted by Gasteiger charge is -2.13. The fourth-order valence-electron chi connectivity index (χ4n) is 1.33. The van der Waals surface area contributed by atoms with E-state index in [2.05, 4.69) is 0 Å². The van der Waals surface area contributed by atoms with Crippen LogP contribution in [0.5, 0.6) is 0 Å². The number of carbonyl (C=O) groups is 1. The third kappa shape index (κ3) is 3.02. The standard InChI is InChI=1S/C9H16O2/c1-3-11-9(6-7(2)10)8-4-5-8/h8-9H,3-6H2,1-2H3. The van der Waals surface area contributed by atoms with Gasteiger partial charge < -0.3 is 4.74 Å². The molecular formula is C9H16O2. The number of rotatable bonds is 5. The van der Waals surface area contributed by atoms with Crippen molar-refractivity contribution in [3.8, 4) is 0 Å².